The Kier molecular flexibility index (Phi) is 5.84. The van der Waals surface area contributed by atoms with Crippen molar-refractivity contribution in [2.45, 2.75) is 19.4 Å². The number of hydrogen-bond donors (Lipinski definition) is 3. The summed E-state index contributed by atoms with van der Waals surface area (Å²) in [5.74, 6) is -1.10. The summed E-state index contributed by atoms with van der Waals surface area (Å²) in [4.78, 5) is 39.2. The van der Waals surface area contributed by atoms with E-state index >= 15 is 0 Å². The number of anilines is 1. The lowest BCUT2D eigenvalue weighted by atomic mass is 10.0. The van der Waals surface area contributed by atoms with E-state index < -0.39 is 17.1 Å². The summed E-state index contributed by atoms with van der Waals surface area (Å²) in [6.07, 6.45) is 0. The molecule has 2 heterocycles. The molecule has 3 rings (SSSR count). The first-order chi connectivity index (χ1) is 14.0. The molecule has 0 radical (unpaired) electrons. The highest BCUT2D eigenvalue weighted by Crippen LogP contribution is 2.38. The molecule has 1 aromatic heterocycles. The van der Waals surface area contributed by atoms with Crippen molar-refractivity contribution in [2.75, 3.05) is 11.9 Å². The van der Waals surface area contributed by atoms with Crippen LogP contribution < -0.4 is 20.9 Å². The quantitative estimate of drug-likeness (QED) is 0.628. The van der Waals surface area contributed by atoms with Gasteiger partial charge in [-0.3, -0.25) is 19.4 Å². The number of aromatic nitrogens is 2. The summed E-state index contributed by atoms with van der Waals surface area (Å²) in [6, 6.07) is 4.07. The molecule has 0 saturated heterocycles. The minimum Gasteiger partial charge on any atom is -0.434 e. The number of aliphatic hydroxyl groups is 1. The van der Waals surface area contributed by atoms with E-state index in [2.05, 4.69) is 20.7 Å². The normalized spacial score (nSPS) is 13.7. The van der Waals surface area contributed by atoms with Crippen LogP contribution in [-0.4, -0.2) is 39.1 Å². The fourth-order valence-corrected chi connectivity index (χ4v) is 3.15. The van der Waals surface area contributed by atoms with Crippen LogP contribution in [0.1, 0.15) is 19.4 Å². The third-order valence-corrected chi connectivity index (χ3v) is 4.58. The van der Waals surface area contributed by atoms with Gasteiger partial charge in [0.15, 0.2) is 11.6 Å². The maximum Gasteiger partial charge on any atom is 0.291 e. The van der Waals surface area contributed by atoms with Crippen molar-refractivity contribution >= 4 is 46.5 Å². The molecule has 2 amide bonds. The Labute approximate surface area is 180 Å². The van der Waals surface area contributed by atoms with Gasteiger partial charge in [0.2, 0.25) is 11.8 Å². The average molecular weight is 454 g/mol. The first kappa shape index (κ1) is 21.8. The van der Waals surface area contributed by atoms with Crippen LogP contribution in [-0.2, 0) is 22.2 Å². The highest BCUT2D eigenvalue weighted by atomic mass is 35.5. The Morgan fingerprint density at radius 3 is 2.43 bits per heavy atom. The number of amidine groups is 1. The van der Waals surface area contributed by atoms with Gasteiger partial charge in [-0.1, -0.05) is 23.2 Å². The number of nitrogens with one attached hydrogen (secondary N) is 2. The van der Waals surface area contributed by atoms with Gasteiger partial charge in [-0.25, -0.2) is 4.68 Å². The fourth-order valence-electron chi connectivity index (χ4n) is 2.58. The summed E-state index contributed by atoms with van der Waals surface area (Å²) in [7, 11) is 1.41. The van der Waals surface area contributed by atoms with Crippen LogP contribution in [0.25, 0.3) is 0 Å². The molecule has 10 nitrogen and oxygen atoms in total. The van der Waals surface area contributed by atoms with E-state index in [1.807, 2.05) is 0 Å². The van der Waals surface area contributed by atoms with E-state index in [1.165, 1.54) is 39.1 Å². The van der Waals surface area contributed by atoms with Crippen molar-refractivity contribution in [3.63, 3.8) is 0 Å². The molecule has 0 bridgehead atoms. The van der Waals surface area contributed by atoms with Crippen LogP contribution in [0, 0.1) is 0 Å². The van der Waals surface area contributed by atoms with Crippen molar-refractivity contribution in [1.82, 2.24) is 15.1 Å². The van der Waals surface area contributed by atoms with Gasteiger partial charge in [0, 0.05) is 18.8 Å². The zero-order valence-corrected chi connectivity index (χ0v) is 17.6. The molecule has 0 saturated carbocycles. The van der Waals surface area contributed by atoms with Crippen LogP contribution in [0.2, 0.25) is 10.0 Å². The number of nitrogens with zero attached hydrogens (tertiary/aromatic N) is 3. The fraction of sp³-hybridized carbons (Fsp3) is 0.278. The molecule has 0 atom stereocenters. The van der Waals surface area contributed by atoms with Gasteiger partial charge in [0.1, 0.15) is 6.54 Å². The molecule has 0 fully saturated rings. The number of benzene rings is 1. The molecule has 2 aromatic rings. The molecule has 1 aliphatic rings. The third-order valence-electron chi connectivity index (χ3n) is 4.02. The number of ether oxygens (including phenoxy) is 1. The summed E-state index contributed by atoms with van der Waals surface area (Å²) in [5.41, 5.74) is -1.58. The third kappa shape index (κ3) is 4.61. The molecule has 1 aliphatic heterocycles. The van der Waals surface area contributed by atoms with Crippen LogP contribution in [0.5, 0.6) is 11.6 Å². The van der Waals surface area contributed by atoms with E-state index in [4.69, 9.17) is 27.9 Å². The smallest absolute Gasteiger partial charge is 0.291 e. The Morgan fingerprint density at radius 2 is 1.90 bits per heavy atom. The number of amides is 2. The summed E-state index contributed by atoms with van der Waals surface area (Å²) < 4.78 is 6.67. The van der Waals surface area contributed by atoms with Gasteiger partial charge >= 0.3 is 0 Å². The lowest BCUT2D eigenvalue weighted by Gasteiger charge is -2.18. The van der Waals surface area contributed by atoms with Gasteiger partial charge in [-0.15, -0.1) is 5.10 Å². The topological polar surface area (TPSA) is 135 Å². The molecule has 0 spiro atoms. The largest absolute Gasteiger partial charge is 0.434 e. The number of carbonyl (C=O) groups is 2. The predicted octanol–water partition coefficient (Wildman–Crippen LogP) is 1.57. The number of halogens is 2. The maximum atomic E-state index is 12.2. The molecular formula is C18H17Cl2N5O5. The highest BCUT2D eigenvalue weighted by molar-refractivity contribution is 6.46. The summed E-state index contributed by atoms with van der Waals surface area (Å²) >= 11 is 12.5. The van der Waals surface area contributed by atoms with Gasteiger partial charge in [-0.2, -0.15) is 0 Å². The van der Waals surface area contributed by atoms with Crippen LogP contribution in [0.4, 0.5) is 5.69 Å². The predicted molar refractivity (Wildman–Crippen MR) is 110 cm³/mol. The van der Waals surface area contributed by atoms with Crippen molar-refractivity contribution in [1.29, 1.82) is 0 Å². The lowest BCUT2D eigenvalue weighted by molar-refractivity contribution is -0.118. The van der Waals surface area contributed by atoms with E-state index in [0.717, 1.165) is 4.68 Å². The van der Waals surface area contributed by atoms with Crippen LogP contribution in [0.15, 0.2) is 28.0 Å². The summed E-state index contributed by atoms with van der Waals surface area (Å²) in [5, 5.41) is 19.1. The Bertz CT molecular complexity index is 1110. The minimum atomic E-state index is -1.42. The van der Waals surface area contributed by atoms with E-state index in [0.29, 0.717) is 0 Å². The monoisotopic (exact) mass is 453 g/mol. The number of rotatable bonds is 5. The number of aliphatic imine (C=N–C) groups is 1. The number of hydrogen-bond acceptors (Lipinski definition) is 7. The van der Waals surface area contributed by atoms with Crippen molar-refractivity contribution in [2.24, 2.45) is 12.0 Å². The van der Waals surface area contributed by atoms with Gasteiger partial charge in [-0.05, 0) is 26.0 Å². The Morgan fingerprint density at radius 1 is 1.27 bits per heavy atom. The zero-order valence-electron chi connectivity index (χ0n) is 16.1. The van der Waals surface area contributed by atoms with Crippen molar-refractivity contribution in [3.8, 4) is 11.6 Å². The van der Waals surface area contributed by atoms with Crippen molar-refractivity contribution < 1.29 is 19.4 Å². The Balaban J connectivity index is 1.86. The molecule has 12 heteroatoms. The first-order valence-corrected chi connectivity index (χ1v) is 9.35. The second-order valence-corrected chi connectivity index (χ2v) is 7.74. The summed E-state index contributed by atoms with van der Waals surface area (Å²) in [6.45, 7) is 2.81. The molecule has 0 aliphatic carbocycles. The lowest BCUT2D eigenvalue weighted by Crippen LogP contribution is -2.34. The van der Waals surface area contributed by atoms with E-state index in [1.54, 1.807) is 0 Å². The van der Waals surface area contributed by atoms with Gasteiger partial charge < -0.3 is 20.5 Å². The highest BCUT2D eigenvalue weighted by Gasteiger charge is 2.24. The first-order valence-electron chi connectivity index (χ1n) is 8.59. The van der Waals surface area contributed by atoms with Crippen LogP contribution >= 0.6 is 23.2 Å². The molecule has 0 unspecified atom stereocenters. The van der Waals surface area contributed by atoms with E-state index in [-0.39, 0.29) is 51.2 Å². The molecular weight excluding hydrogens is 437 g/mol. The standard InChI is InChI=1S/C18H17Cl2N5O5/c1-18(2,29)9-6-13(24-25(3)17(9)28)30-14-10(19)4-8(5-11(14)20)22-16(27)15-21-7-12(26)23-15/h4-6,29H,7H2,1-3H3,(H,22,27)(H,21,23,26). The van der Waals surface area contributed by atoms with E-state index in [9.17, 15) is 19.5 Å². The molecule has 30 heavy (non-hydrogen) atoms. The second kappa shape index (κ2) is 8.05. The van der Waals surface area contributed by atoms with Gasteiger partial charge in [0.25, 0.3) is 11.5 Å². The second-order valence-electron chi connectivity index (χ2n) is 6.92. The van der Waals surface area contributed by atoms with Crippen LogP contribution in [0.3, 0.4) is 0 Å². The number of carbonyl (C=O) groups excluding carboxylic acids is 2. The molecule has 1 aromatic carbocycles. The van der Waals surface area contributed by atoms with Gasteiger partial charge in [0.05, 0.1) is 21.2 Å². The van der Waals surface area contributed by atoms with Crippen molar-refractivity contribution in [3.05, 3.63) is 44.2 Å². The molecule has 3 N–H and O–H groups in total. The minimum absolute atomic E-state index is 0.0159. The number of aryl methyl sites for hydroxylation is 1. The maximum absolute atomic E-state index is 12.2. The average Bonchev–Trinajstić information content (AvgIpc) is 3.06. The SMILES string of the molecule is Cn1nc(Oc2c(Cl)cc(NC(=O)C3=NCC(=O)N3)cc2Cl)cc(C(C)(C)O)c1=O. The zero-order chi connectivity index (χ0) is 22.2. The Hall–Kier alpha value is -2.95. The molecule has 158 valence electrons.